The van der Waals surface area contributed by atoms with Crippen LogP contribution in [0.3, 0.4) is 0 Å². The number of aromatic nitrogens is 2. The molecule has 0 unspecified atom stereocenters. The zero-order chi connectivity index (χ0) is 27.2. The highest BCUT2D eigenvalue weighted by atomic mass is 32.2. The normalized spacial score (nSPS) is 15.3. The lowest BCUT2D eigenvalue weighted by Gasteiger charge is -2.20. The highest BCUT2D eigenvalue weighted by molar-refractivity contribution is 8.04. The van der Waals surface area contributed by atoms with Gasteiger partial charge in [-0.3, -0.25) is 4.55 Å². The molecular formula is C25H27N3O6S4. The number of benzene rings is 2. The van der Waals surface area contributed by atoms with Gasteiger partial charge in [0, 0.05) is 30.7 Å². The first-order valence-electron chi connectivity index (χ1n) is 12.0. The molecule has 2 aromatic carbocycles. The molecule has 1 aliphatic rings. The number of fused-ring (bicyclic) bond motifs is 4. The minimum Gasteiger partial charge on any atom is -0.748 e. The predicted octanol–water partition coefficient (Wildman–Crippen LogP) is 4.11. The summed E-state index contributed by atoms with van der Waals surface area (Å²) >= 11 is 3.15. The summed E-state index contributed by atoms with van der Waals surface area (Å²) in [7, 11) is -6.40. The topological polar surface area (TPSA) is 124 Å². The third-order valence-electron chi connectivity index (χ3n) is 6.46. The number of aryl methyl sites for hydroxylation is 3. The number of thioether (sulfide) groups is 1. The second-order valence-corrected chi connectivity index (χ2v) is 14.5. The number of nitrogens with zero attached hydrogens (tertiary/aromatic N) is 3. The van der Waals surface area contributed by atoms with E-state index in [1.807, 2.05) is 49.2 Å². The van der Waals surface area contributed by atoms with E-state index in [9.17, 15) is 25.9 Å². The molecule has 4 aromatic rings. The van der Waals surface area contributed by atoms with Crippen LogP contribution in [0.5, 0.6) is 0 Å². The standard InChI is InChI=1S/C25H27N3O6S4/c1-17-9-10-19-18(15-17)24-25(26(19)2)36-23(28(24)12-6-14-38(32,33)34)16-22-27(11-5-13-37(29,30)31)20-7-3-4-8-21(20)35-22/h3-4,7-10,15-16H,5-6,11-14H2,1-2H3,(H-,29,30,31,32,33,34). The van der Waals surface area contributed by atoms with E-state index in [-0.39, 0.29) is 18.6 Å². The molecule has 3 heterocycles. The molecule has 0 saturated heterocycles. The Morgan fingerprint density at radius 3 is 2.58 bits per heavy atom. The van der Waals surface area contributed by atoms with Gasteiger partial charge in [-0.25, -0.2) is 8.42 Å². The molecule has 0 atom stereocenters. The summed E-state index contributed by atoms with van der Waals surface area (Å²) < 4.78 is 70.1. The van der Waals surface area contributed by atoms with Gasteiger partial charge in [0.1, 0.15) is 0 Å². The minimum atomic E-state index is -4.31. The molecule has 1 aliphatic heterocycles. The van der Waals surface area contributed by atoms with Gasteiger partial charge >= 0.3 is 0 Å². The molecular weight excluding hydrogens is 567 g/mol. The molecule has 13 heteroatoms. The fourth-order valence-electron chi connectivity index (χ4n) is 4.79. The lowest BCUT2D eigenvalue weighted by molar-refractivity contribution is -0.667. The Kier molecular flexibility index (Phi) is 7.35. The van der Waals surface area contributed by atoms with Crippen molar-refractivity contribution in [1.82, 2.24) is 4.57 Å². The highest BCUT2D eigenvalue weighted by Gasteiger charge is 2.30. The quantitative estimate of drug-likeness (QED) is 0.227. The van der Waals surface area contributed by atoms with E-state index in [0.29, 0.717) is 13.1 Å². The molecule has 0 amide bonds. The van der Waals surface area contributed by atoms with Crippen LogP contribution in [0.25, 0.3) is 27.3 Å². The predicted molar refractivity (Wildman–Crippen MR) is 151 cm³/mol. The molecule has 5 rings (SSSR count). The first-order chi connectivity index (χ1) is 17.9. The van der Waals surface area contributed by atoms with Crippen LogP contribution in [0.1, 0.15) is 23.4 Å². The summed E-state index contributed by atoms with van der Waals surface area (Å²) in [6.45, 7) is 2.79. The maximum Gasteiger partial charge on any atom is 0.266 e. The van der Waals surface area contributed by atoms with Gasteiger partial charge in [0.15, 0.2) is 11.4 Å². The summed E-state index contributed by atoms with van der Waals surface area (Å²) in [5, 5.41) is 2.86. The van der Waals surface area contributed by atoms with Crippen LogP contribution in [0.4, 0.5) is 5.69 Å². The van der Waals surface area contributed by atoms with Crippen molar-refractivity contribution in [2.75, 3.05) is 23.0 Å². The van der Waals surface area contributed by atoms with E-state index in [2.05, 4.69) is 27.3 Å². The van der Waals surface area contributed by atoms with E-state index in [4.69, 9.17) is 0 Å². The second kappa shape index (κ2) is 10.3. The number of thiazole rings is 1. The molecule has 0 bridgehead atoms. The van der Waals surface area contributed by atoms with E-state index < -0.39 is 26.0 Å². The maximum atomic E-state index is 11.4. The Labute approximate surface area is 229 Å². The molecule has 0 aliphatic carbocycles. The molecule has 0 radical (unpaired) electrons. The Morgan fingerprint density at radius 1 is 1.08 bits per heavy atom. The van der Waals surface area contributed by atoms with Crippen molar-refractivity contribution in [3.63, 3.8) is 0 Å². The second-order valence-electron chi connectivity index (χ2n) is 9.28. The van der Waals surface area contributed by atoms with Gasteiger partial charge < -0.3 is 14.0 Å². The van der Waals surface area contributed by atoms with Crippen molar-refractivity contribution in [2.45, 2.75) is 31.2 Å². The average molecular weight is 594 g/mol. The number of para-hydroxylation sites is 1. The number of hydrogen-bond acceptors (Lipinski definition) is 8. The first kappa shape index (κ1) is 27.2. The number of anilines is 1. The Morgan fingerprint density at radius 2 is 1.84 bits per heavy atom. The Hall–Kier alpha value is -2.42. The minimum absolute atomic E-state index is 0.197. The summed E-state index contributed by atoms with van der Waals surface area (Å²) in [5.74, 6) is -0.777. The number of rotatable bonds is 9. The van der Waals surface area contributed by atoms with Gasteiger partial charge in [-0.1, -0.05) is 35.5 Å². The number of hydrogen-bond donors (Lipinski definition) is 1. The maximum absolute atomic E-state index is 11.4. The van der Waals surface area contributed by atoms with Gasteiger partial charge in [-0.15, -0.1) is 0 Å². The molecule has 2 aromatic heterocycles. The molecule has 38 heavy (non-hydrogen) atoms. The molecule has 9 nitrogen and oxygen atoms in total. The zero-order valence-corrected chi connectivity index (χ0v) is 24.1. The SMILES string of the molecule is Cc1ccc2c(c1)c1c(sc(/C=C3/Sc4ccccc4N3CCCS(=O)(=O)[O-])[n+]1CCCS(=O)(=O)O)n2C. The van der Waals surface area contributed by atoms with Gasteiger partial charge in [-0.2, -0.15) is 13.0 Å². The van der Waals surface area contributed by atoms with Crippen molar-refractivity contribution >= 4 is 76.3 Å². The molecule has 202 valence electrons. The van der Waals surface area contributed by atoms with E-state index in [1.54, 1.807) is 23.1 Å². The van der Waals surface area contributed by atoms with Gasteiger partial charge in [0.25, 0.3) is 15.1 Å². The van der Waals surface area contributed by atoms with Crippen molar-refractivity contribution in [3.05, 3.63) is 58.1 Å². The lowest BCUT2D eigenvalue weighted by atomic mass is 10.1. The van der Waals surface area contributed by atoms with Crippen LogP contribution in [0.15, 0.2) is 52.4 Å². The fourth-order valence-corrected chi connectivity index (χ4v) is 8.18. The van der Waals surface area contributed by atoms with E-state index in [0.717, 1.165) is 47.4 Å². The van der Waals surface area contributed by atoms with Crippen LogP contribution in [0, 0.1) is 6.92 Å². The summed E-state index contributed by atoms with van der Waals surface area (Å²) in [5.41, 5.74) is 4.14. The smallest absolute Gasteiger partial charge is 0.266 e. The van der Waals surface area contributed by atoms with Crippen molar-refractivity contribution in [1.29, 1.82) is 0 Å². The van der Waals surface area contributed by atoms with Gasteiger partial charge in [0.05, 0.1) is 43.6 Å². The van der Waals surface area contributed by atoms with Crippen LogP contribution in [-0.2, 0) is 33.8 Å². The molecule has 0 spiro atoms. The largest absolute Gasteiger partial charge is 0.748 e. The zero-order valence-electron chi connectivity index (χ0n) is 20.8. The summed E-state index contributed by atoms with van der Waals surface area (Å²) in [4.78, 5) is 4.10. The van der Waals surface area contributed by atoms with E-state index >= 15 is 0 Å². The average Bonchev–Trinajstić information content (AvgIpc) is 3.43. The molecule has 0 fully saturated rings. The van der Waals surface area contributed by atoms with Crippen molar-refractivity contribution in [2.24, 2.45) is 7.05 Å². The first-order valence-corrected chi connectivity index (χ1v) is 16.8. The van der Waals surface area contributed by atoms with Gasteiger partial charge in [-0.05, 0) is 48.9 Å². The molecule has 1 N–H and O–H groups in total. The Bertz CT molecular complexity index is 1790. The third kappa shape index (κ3) is 5.63. The Balaban J connectivity index is 1.61. The van der Waals surface area contributed by atoms with Crippen molar-refractivity contribution < 1.29 is 30.5 Å². The van der Waals surface area contributed by atoms with Gasteiger partial charge in [0.2, 0.25) is 5.52 Å². The fraction of sp³-hybridized carbons (Fsp3) is 0.320. The van der Waals surface area contributed by atoms with Crippen LogP contribution in [-0.4, -0.2) is 48.6 Å². The summed E-state index contributed by atoms with van der Waals surface area (Å²) in [6.07, 6.45) is 2.48. The van der Waals surface area contributed by atoms with Crippen molar-refractivity contribution in [3.8, 4) is 0 Å². The van der Waals surface area contributed by atoms with Crippen LogP contribution < -0.4 is 9.47 Å². The van der Waals surface area contributed by atoms with Crippen LogP contribution in [0.2, 0.25) is 0 Å². The van der Waals surface area contributed by atoms with E-state index in [1.165, 1.54) is 0 Å². The lowest BCUT2D eigenvalue weighted by Crippen LogP contribution is -2.36. The third-order valence-corrected chi connectivity index (χ3v) is 10.4. The monoisotopic (exact) mass is 593 g/mol. The highest BCUT2D eigenvalue weighted by Crippen LogP contribution is 2.47. The van der Waals surface area contributed by atoms with Crippen LogP contribution >= 0.6 is 23.1 Å². The molecule has 0 saturated carbocycles. The summed E-state index contributed by atoms with van der Waals surface area (Å²) in [6, 6.07) is 14.1.